The number of halogens is 3. The standard InChI is InChI=1S/C20H26N2O2.C2HF3O2/c1-23-19-8-6-16(7-9-19)13-17-14-22(12-10-20(17)24-2)15-18-5-3-4-11-21-18;3-2(4,5)1(6)7/h3-9,11,17,20H,10,12-15H2,1-2H3;(H,6,7)/t17-,20-;/m0./s1. The lowest BCUT2D eigenvalue weighted by molar-refractivity contribution is -0.192. The van der Waals surface area contributed by atoms with Crippen LogP contribution in [0.25, 0.3) is 0 Å². The maximum absolute atomic E-state index is 10.6. The van der Waals surface area contributed by atoms with Crippen LogP contribution in [0.15, 0.2) is 48.7 Å². The number of likely N-dealkylation sites (tertiary alicyclic amines) is 1. The van der Waals surface area contributed by atoms with Crippen LogP contribution in [0, 0.1) is 5.92 Å². The molecule has 2 heterocycles. The minimum atomic E-state index is -5.08. The number of hydrogen-bond donors (Lipinski definition) is 1. The smallest absolute Gasteiger partial charge is 0.490 e. The second kappa shape index (κ2) is 11.7. The predicted molar refractivity (Wildman–Crippen MR) is 109 cm³/mol. The zero-order valence-corrected chi connectivity index (χ0v) is 17.5. The van der Waals surface area contributed by atoms with Gasteiger partial charge in [-0.05, 0) is 42.7 Å². The van der Waals surface area contributed by atoms with Crippen molar-refractivity contribution in [3.63, 3.8) is 0 Å². The number of benzene rings is 1. The van der Waals surface area contributed by atoms with Crippen LogP contribution in [-0.2, 0) is 22.5 Å². The Morgan fingerprint density at radius 1 is 1.19 bits per heavy atom. The van der Waals surface area contributed by atoms with Gasteiger partial charge in [-0.15, -0.1) is 0 Å². The molecule has 1 aromatic heterocycles. The van der Waals surface area contributed by atoms with Gasteiger partial charge < -0.3 is 14.6 Å². The van der Waals surface area contributed by atoms with Crippen LogP contribution in [0.3, 0.4) is 0 Å². The number of alkyl halides is 3. The summed E-state index contributed by atoms with van der Waals surface area (Å²) in [4.78, 5) is 15.8. The molecule has 1 aliphatic rings. The fraction of sp³-hybridized carbons (Fsp3) is 0.455. The van der Waals surface area contributed by atoms with E-state index >= 15 is 0 Å². The molecule has 0 spiro atoms. The molecule has 0 unspecified atom stereocenters. The molecule has 0 aliphatic carbocycles. The van der Waals surface area contributed by atoms with E-state index in [1.807, 2.05) is 31.5 Å². The van der Waals surface area contributed by atoms with Crippen molar-refractivity contribution < 1.29 is 32.5 Å². The molecule has 2 aromatic rings. The number of aliphatic carboxylic acids is 1. The topological polar surface area (TPSA) is 71.9 Å². The van der Waals surface area contributed by atoms with Gasteiger partial charge in [0.25, 0.3) is 0 Å². The van der Waals surface area contributed by atoms with Crippen molar-refractivity contribution in [3.05, 3.63) is 59.9 Å². The monoisotopic (exact) mass is 440 g/mol. The molecular formula is C22H27F3N2O4. The Hall–Kier alpha value is -2.65. The molecule has 170 valence electrons. The molecule has 0 bridgehead atoms. The van der Waals surface area contributed by atoms with Crippen LogP contribution in [0.4, 0.5) is 13.2 Å². The summed E-state index contributed by atoms with van der Waals surface area (Å²) in [5.41, 5.74) is 2.47. The molecule has 6 nitrogen and oxygen atoms in total. The quantitative estimate of drug-likeness (QED) is 0.737. The number of pyridine rings is 1. The van der Waals surface area contributed by atoms with Gasteiger partial charge >= 0.3 is 12.1 Å². The number of carboxylic acid groups (broad SMARTS) is 1. The fourth-order valence-electron chi connectivity index (χ4n) is 3.52. The van der Waals surface area contributed by atoms with E-state index in [2.05, 4.69) is 34.1 Å². The number of ether oxygens (including phenoxy) is 2. The summed E-state index contributed by atoms with van der Waals surface area (Å²) in [6.07, 6.45) is -0.788. The third-order valence-corrected chi connectivity index (χ3v) is 5.06. The molecule has 1 fully saturated rings. The number of carboxylic acids is 1. The van der Waals surface area contributed by atoms with Gasteiger partial charge in [0.15, 0.2) is 0 Å². The van der Waals surface area contributed by atoms with Gasteiger partial charge in [-0.3, -0.25) is 9.88 Å². The van der Waals surface area contributed by atoms with E-state index in [4.69, 9.17) is 19.4 Å². The number of carbonyl (C=O) groups is 1. The van der Waals surface area contributed by atoms with Crippen molar-refractivity contribution in [2.45, 2.75) is 31.7 Å². The second-order valence-electron chi connectivity index (χ2n) is 7.23. The highest BCUT2D eigenvalue weighted by Gasteiger charge is 2.38. The van der Waals surface area contributed by atoms with Crippen molar-refractivity contribution in [2.24, 2.45) is 5.92 Å². The molecule has 0 saturated carbocycles. The normalized spacial score (nSPS) is 19.3. The Morgan fingerprint density at radius 2 is 1.87 bits per heavy atom. The van der Waals surface area contributed by atoms with Crippen LogP contribution < -0.4 is 4.74 Å². The summed E-state index contributed by atoms with van der Waals surface area (Å²) in [7, 11) is 3.53. The lowest BCUT2D eigenvalue weighted by Gasteiger charge is -2.38. The molecular weight excluding hydrogens is 413 g/mol. The van der Waals surface area contributed by atoms with E-state index in [1.165, 1.54) is 5.56 Å². The van der Waals surface area contributed by atoms with E-state index in [1.54, 1.807) is 7.11 Å². The van der Waals surface area contributed by atoms with Crippen LogP contribution in [0.1, 0.15) is 17.7 Å². The Labute approximate surface area is 179 Å². The summed E-state index contributed by atoms with van der Waals surface area (Å²) < 4.78 is 42.7. The molecule has 2 atom stereocenters. The molecule has 1 aliphatic heterocycles. The number of aromatic nitrogens is 1. The molecule has 3 rings (SSSR count). The van der Waals surface area contributed by atoms with Gasteiger partial charge in [-0.25, -0.2) is 4.79 Å². The minimum absolute atomic E-state index is 0.326. The first-order chi connectivity index (χ1) is 14.7. The van der Waals surface area contributed by atoms with Gasteiger partial charge in [0.2, 0.25) is 0 Å². The van der Waals surface area contributed by atoms with E-state index < -0.39 is 12.1 Å². The summed E-state index contributed by atoms with van der Waals surface area (Å²) >= 11 is 0. The number of piperidine rings is 1. The van der Waals surface area contributed by atoms with E-state index in [9.17, 15) is 13.2 Å². The van der Waals surface area contributed by atoms with Crippen molar-refractivity contribution in [2.75, 3.05) is 27.3 Å². The average Bonchev–Trinajstić information content (AvgIpc) is 2.75. The largest absolute Gasteiger partial charge is 0.497 e. The summed E-state index contributed by atoms with van der Waals surface area (Å²) in [6, 6.07) is 14.5. The van der Waals surface area contributed by atoms with Gasteiger partial charge in [0.1, 0.15) is 5.75 Å². The Morgan fingerprint density at radius 3 is 2.39 bits per heavy atom. The summed E-state index contributed by atoms with van der Waals surface area (Å²) in [5, 5.41) is 7.12. The highest BCUT2D eigenvalue weighted by atomic mass is 19.4. The SMILES string of the molecule is COc1ccc(C[C@H]2CN(Cc3ccccn3)CC[C@@H]2OC)cc1.O=C(O)C(F)(F)F. The molecule has 1 N–H and O–H groups in total. The zero-order chi connectivity index (χ0) is 22.9. The Balaban J connectivity index is 0.000000423. The van der Waals surface area contributed by atoms with Crippen LogP contribution in [-0.4, -0.2) is 60.5 Å². The fourth-order valence-corrected chi connectivity index (χ4v) is 3.52. The first-order valence-electron chi connectivity index (χ1n) is 9.81. The van der Waals surface area contributed by atoms with E-state index in [0.717, 1.165) is 43.9 Å². The van der Waals surface area contributed by atoms with Gasteiger partial charge in [-0.2, -0.15) is 13.2 Å². The van der Waals surface area contributed by atoms with Crippen molar-refractivity contribution in [3.8, 4) is 5.75 Å². The maximum atomic E-state index is 10.6. The highest BCUT2D eigenvalue weighted by Crippen LogP contribution is 2.25. The molecule has 1 saturated heterocycles. The van der Waals surface area contributed by atoms with Crippen LogP contribution >= 0.6 is 0 Å². The van der Waals surface area contributed by atoms with Crippen LogP contribution in [0.5, 0.6) is 5.75 Å². The third-order valence-electron chi connectivity index (χ3n) is 5.06. The minimum Gasteiger partial charge on any atom is -0.497 e. The van der Waals surface area contributed by atoms with Gasteiger partial charge in [0, 0.05) is 38.9 Å². The number of nitrogens with zero attached hydrogens (tertiary/aromatic N) is 2. The van der Waals surface area contributed by atoms with Gasteiger partial charge in [0.05, 0.1) is 18.9 Å². The van der Waals surface area contributed by atoms with E-state index in [-0.39, 0.29) is 0 Å². The molecule has 9 heteroatoms. The zero-order valence-electron chi connectivity index (χ0n) is 17.5. The van der Waals surface area contributed by atoms with E-state index in [0.29, 0.717) is 12.0 Å². The maximum Gasteiger partial charge on any atom is 0.490 e. The average molecular weight is 440 g/mol. The summed E-state index contributed by atoms with van der Waals surface area (Å²) in [5.74, 6) is -1.35. The van der Waals surface area contributed by atoms with Crippen molar-refractivity contribution in [1.82, 2.24) is 9.88 Å². The lowest BCUT2D eigenvalue weighted by Crippen LogP contribution is -2.44. The Kier molecular flexibility index (Phi) is 9.26. The molecule has 31 heavy (non-hydrogen) atoms. The first-order valence-corrected chi connectivity index (χ1v) is 9.81. The lowest BCUT2D eigenvalue weighted by atomic mass is 9.88. The number of rotatable bonds is 6. The molecule has 0 amide bonds. The third kappa shape index (κ3) is 8.18. The molecule has 0 radical (unpaired) electrons. The first kappa shape index (κ1) is 24.6. The van der Waals surface area contributed by atoms with Crippen molar-refractivity contribution in [1.29, 1.82) is 0 Å². The molecule has 1 aromatic carbocycles. The number of hydrogen-bond acceptors (Lipinski definition) is 5. The van der Waals surface area contributed by atoms with Gasteiger partial charge in [-0.1, -0.05) is 18.2 Å². The second-order valence-corrected chi connectivity index (χ2v) is 7.23. The van der Waals surface area contributed by atoms with Crippen LogP contribution in [0.2, 0.25) is 0 Å². The predicted octanol–water partition coefficient (Wildman–Crippen LogP) is 3.80. The summed E-state index contributed by atoms with van der Waals surface area (Å²) in [6.45, 7) is 3.02. The Bertz CT molecular complexity index is 801. The highest BCUT2D eigenvalue weighted by molar-refractivity contribution is 5.73. The number of methoxy groups -OCH3 is 2. The van der Waals surface area contributed by atoms with Crippen molar-refractivity contribution >= 4 is 5.97 Å².